The highest BCUT2D eigenvalue weighted by atomic mass is 32.2. The Kier molecular flexibility index (Phi) is 6.53. The molecule has 1 amide bonds. The molecule has 2 aromatic rings. The van der Waals surface area contributed by atoms with Crippen molar-refractivity contribution in [1.29, 1.82) is 0 Å². The van der Waals surface area contributed by atoms with E-state index in [9.17, 15) is 13.2 Å². The van der Waals surface area contributed by atoms with Crippen LogP contribution in [0.1, 0.15) is 41.4 Å². The first-order chi connectivity index (χ1) is 13.4. The predicted molar refractivity (Wildman–Crippen MR) is 106 cm³/mol. The summed E-state index contributed by atoms with van der Waals surface area (Å²) in [4.78, 5) is 13.9. The largest absolute Gasteiger partial charge is 0.463 e. The van der Waals surface area contributed by atoms with Crippen LogP contribution >= 0.6 is 0 Å². The van der Waals surface area contributed by atoms with Crippen LogP contribution in [-0.2, 0) is 10.0 Å². The molecular formula is C20H28N3O4S+. The van der Waals surface area contributed by atoms with Crippen LogP contribution in [0.2, 0.25) is 0 Å². The van der Waals surface area contributed by atoms with Crippen LogP contribution in [0.15, 0.2) is 52.0 Å². The lowest BCUT2D eigenvalue weighted by Crippen LogP contribution is -3.07. The molecule has 0 unspecified atom stereocenters. The molecule has 8 heteroatoms. The van der Waals surface area contributed by atoms with Gasteiger partial charge in [0, 0.05) is 18.7 Å². The molecule has 0 radical (unpaired) electrons. The van der Waals surface area contributed by atoms with Gasteiger partial charge < -0.3 is 14.6 Å². The summed E-state index contributed by atoms with van der Waals surface area (Å²) in [6, 6.07) is 9.88. The van der Waals surface area contributed by atoms with Crippen LogP contribution in [0, 0.1) is 0 Å². The van der Waals surface area contributed by atoms with E-state index < -0.39 is 10.0 Å². The number of hydrogen-bond acceptors (Lipinski definition) is 4. The molecule has 1 atom stereocenters. The van der Waals surface area contributed by atoms with Crippen molar-refractivity contribution in [3.63, 3.8) is 0 Å². The summed E-state index contributed by atoms with van der Waals surface area (Å²) in [5.41, 5.74) is 0.435. The summed E-state index contributed by atoms with van der Waals surface area (Å²) in [5, 5.41) is 2.91. The van der Waals surface area contributed by atoms with Crippen molar-refractivity contribution >= 4 is 15.9 Å². The average molecular weight is 407 g/mol. The Balaban J connectivity index is 1.65. The number of carbonyl (C=O) groups excluding carboxylic acids is 1. The Hall–Kier alpha value is -2.16. The minimum absolute atomic E-state index is 0.00213. The monoisotopic (exact) mass is 406 g/mol. The highest BCUT2D eigenvalue weighted by Crippen LogP contribution is 2.21. The smallest absolute Gasteiger partial charge is 0.251 e. The number of piperidine rings is 1. The number of amides is 1. The van der Waals surface area contributed by atoms with Gasteiger partial charge in [-0.1, -0.05) is 6.42 Å². The van der Waals surface area contributed by atoms with E-state index in [2.05, 4.69) is 5.32 Å². The molecule has 1 saturated heterocycles. The van der Waals surface area contributed by atoms with Gasteiger partial charge in [-0.3, -0.25) is 4.79 Å². The van der Waals surface area contributed by atoms with Crippen molar-refractivity contribution in [3.8, 4) is 0 Å². The maximum atomic E-state index is 12.7. The molecule has 0 saturated carbocycles. The Morgan fingerprint density at radius 3 is 2.39 bits per heavy atom. The number of nitrogens with one attached hydrogen (secondary N) is 2. The molecule has 0 aliphatic carbocycles. The Morgan fingerprint density at radius 1 is 1.14 bits per heavy atom. The number of carbonyl (C=O) groups is 1. The number of quaternary nitrogens is 1. The van der Waals surface area contributed by atoms with Gasteiger partial charge in [-0.15, -0.1) is 0 Å². The summed E-state index contributed by atoms with van der Waals surface area (Å²) < 4.78 is 32.4. The number of furan rings is 1. The van der Waals surface area contributed by atoms with Crippen LogP contribution in [0.3, 0.4) is 0 Å². The van der Waals surface area contributed by atoms with Crippen molar-refractivity contribution in [1.82, 2.24) is 9.62 Å². The maximum Gasteiger partial charge on any atom is 0.251 e. The van der Waals surface area contributed by atoms with E-state index >= 15 is 0 Å². The fourth-order valence-electron chi connectivity index (χ4n) is 3.41. The number of rotatable bonds is 7. The van der Waals surface area contributed by atoms with Crippen LogP contribution in [0.25, 0.3) is 0 Å². The summed E-state index contributed by atoms with van der Waals surface area (Å²) in [5.74, 6) is 0.572. The maximum absolute atomic E-state index is 12.7. The zero-order valence-electron chi connectivity index (χ0n) is 16.3. The lowest BCUT2D eigenvalue weighted by atomic mass is 10.2. The minimum Gasteiger partial charge on any atom is -0.463 e. The Morgan fingerprint density at radius 2 is 1.82 bits per heavy atom. The molecule has 152 valence electrons. The fourth-order valence-corrected chi connectivity index (χ4v) is 4.93. The Bertz CT molecular complexity index is 871. The van der Waals surface area contributed by atoms with Gasteiger partial charge in [0.2, 0.25) is 10.0 Å². The summed E-state index contributed by atoms with van der Waals surface area (Å²) in [7, 11) is 0.514. The number of likely N-dealkylation sites (N-methyl/N-ethyl adjacent to an activating group) is 1. The lowest BCUT2D eigenvalue weighted by molar-refractivity contribution is -0.891. The van der Waals surface area contributed by atoms with E-state index in [-0.39, 0.29) is 16.8 Å². The van der Waals surface area contributed by atoms with Crippen molar-refractivity contribution in [2.75, 3.05) is 33.7 Å². The number of benzene rings is 1. The molecular weight excluding hydrogens is 378 g/mol. The molecule has 1 aromatic carbocycles. The second-order valence-electron chi connectivity index (χ2n) is 7.34. The standard InChI is InChI=1S/C20H27N3O4S/c1-22(2)18(19-7-6-14-27-19)15-21-20(24)16-8-10-17(11-9-16)28(25,26)23-12-4-3-5-13-23/h6-11,14,18H,3-5,12-13,15H2,1-2H3,(H,21,24)/p+1/t18-/m1/s1. The van der Waals surface area contributed by atoms with E-state index in [0.717, 1.165) is 29.9 Å². The van der Waals surface area contributed by atoms with Gasteiger partial charge >= 0.3 is 0 Å². The van der Waals surface area contributed by atoms with Crippen molar-refractivity contribution in [2.24, 2.45) is 0 Å². The van der Waals surface area contributed by atoms with Gasteiger partial charge in [0.05, 0.1) is 31.8 Å². The topological polar surface area (TPSA) is 84.1 Å². The molecule has 1 aliphatic heterocycles. The van der Waals surface area contributed by atoms with E-state index in [1.165, 1.54) is 16.4 Å². The summed E-state index contributed by atoms with van der Waals surface area (Å²) in [6.45, 7) is 1.54. The van der Waals surface area contributed by atoms with Gasteiger partial charge in [-0.2, -0.15) is 4.31 Å². The van der Waals surface area contributed by atoms with Gasteiger partial charge in [0.1, 0.15) is 0 Å². The molecule has 3 rings (SSSR count). The molecule has 2 heterocycles. The molecule has 0 spiro atoms. The molecule has 1 fully saturated rings. The third-order valence-corrected chi connectivity index (χ3v) is 7.03. The summed E-state index contributed by atoms with van der Waals surface area (Å²) in [6.07, 6.45) is 4.47. The van der Waals surface area contributed by atoms with Crippen LogP contribution in [0.4, 0.5) is 0 Å². The number of nitrogens with zero attached hydrogens (tertiary/aromatic N) is 1. The van der Waals surface area contributed by atoms with Gasteiger partial charge in [-0.05, 0) is 49.2 Å². The second kappa shape index (κ2) is 8.89. The Labute approximate surface area is 166 Å². The van der Waals surface area contributed by atoms with Gasteiger partial charge in [-0.25, -0.2) is 8.42 Å². The van der Waals surface area contributed by atoms with Crippen molar-refractivity contribution < 1.29 is 22.5 Å². The van der Waals surface area contributed by atoms with Crippen molar-refractivity contribution in [2.45, 2.75) is 30.2 Å². The fraction of sp³-hybridized carbons (Fsp3) is 0.450. The molecule has 28 heavy (non-hydrogen) atoms. The SMILES string of the molecule is C[NH+](C)[C@H](CNC(=O)c1ccc(S(=O)(=O)N2CCCCC2)cc1)c1ccco1. The first-order valence-electron chi connectivity index (χ1n) is 9.61. The highest BCUT2D eigenvalue weighted by molar-refractivity contribution is 7.89. The zero-order valence-corrected chi connectivity index (χ0v) is 17.2. The molecule has 1 aromatic heterocycles. The first-order valence-corrected chi connectivity index (χ1v) is 11.1. The van der Waals surface area contributed by atoms with Crippen molar-refractivity contribution in [3.05, 3.63) is 54.0 Å². The van der Waals surface area contributed by atoms with Gasteiger partial charge in [0.15, 0.2) is 11.8 Å². The van der Waals surface area contributed by atoms with Crippen LogP contribution in [-0.4, -0.2) is 52.4 Å². The quantitative estimate of drug-likeness (QED) is 0.721. The van der Waals surface area contributed by atoms with E-state index in [0.29, 0.717) is 25.2 Å². The van der Waals surface area contributed by atoms with Crippen LogP contribution in [0.5, 0.6) is 0 Å². The number of hydrogen-bond donors (Lipinski definition) is 2. The predicted octanol–water partition coefficient (Wildman–Crippen LogP) is 1.07. The molecule has 2 N–H and O–H groups in total. The van der Waals surface area contributed by atoms with E-state index in [4.69, 9.17) is 4.42 Å². The zero-order chi connectivity index (χ0) is 20.1. The molecule has 7 nitrogen and oxygen atoms in total. The third-order valence-electron chi connectivity index (χ3n) is 5.12. The number of sulfonamides is 1. The molecule has 1 aliphatic rings. The average Bonchev–Trinajstić information content (AvgIpc) is 3.23. The highest BCUT2D eigenvalue weighted by Gasteiger charge is 2.26. The molecule has 0 bridgehead atoms. The van der Waals surface area contributed by atoms with Crippen LogP contribution < -0.4 is 10.2 Å². The third kappa shape index (κ3) is 4.63. The first kappa shape index (κ1) is 20.6. The lowest BCUT2D eigenvalue weighted by Gasteiger charge is -2.25. The van der Waals surface area contributed by atoms with E-state index in [1.54, 1.807) is 18.4 Å². The second-order valence-corrected chi connectivity index (χ2v) is 9.28. The van der Waals surface area contributed by atoms with E-state index in [1.807, 2.05) is 26.2 Å². The van der Waals surface area contributed by atoms with Gasteiger partial charge in [0.25, 0.3) is 5.91 Å². The normalized spacial score (nSPS) is 16.8. The summed E-state index contributed by atoms with van der Waals surface area (Å²) >= 11 is 0. The minimum atomic E-state index is -3.49.